The summed E-state index contributed by atoms with van der Waals surface area (Å²) in [4.78, 5) is 0. The molecular weight excluding hydrogens is 206 g/mol. The fourth-order valence-electron chi connectivity index (χ4n) is 2.00. The normalized spacial score (nSPS) is 17.6. The van der Waals surface area contributed by atoms with Crippen molar-refractivity contribution in [2.24, 2.45) is 7.05 Å². The van der Waals surface area contributed by atoms with Gasteiger partial charge in [0.1, 0.15) is 0 Å². The molecule has 1 fully saturated rings. The quantitative estimate of drug-likeness (QED) is 0.756. The molecule has 1 saturated carbocycles. The van der Waals surface area contributed by atoms with Crippen LogP contribution in [-0.4, -0.2) is 39.5 Å². The van der Waals surface area contributed by atoms with Crippen LogP contribution in [0.3, 0.4) is 0 Å². The second-order valence-corrected chi connectivity index (χ2v) is 4.18. The topological polar surface area (TPSA) is 64.9 Å². The van der Waals surface area contributed by atoms with Gasteiger partial charge >= 0.3 is 0 Å². The molecule has 6 heteroatoms. The van der Waals surface area contributed by atoms with Crippen LogP contribution < -0.4 is 5.32 Å². The minimum Gasteiger partial charge on any atom is -0.376 e. The molecule has 0 atom stereocenters. The first-order valence-electron chi connectivity index (χ1n) is 5.94. The molecule has 1 aliphatic carbocycles. The van der Waals surface area contributed by atoms with Gasteiger partial charge in [0.25, 0.3) is 0 Å². The van der Waals surface area contributed by atoms with Crippen molar-refractivity contribution in [3.8, 4) is 0 Å². The third-order valence-corrected chi connectivity index (χ3v) is 2.91. The van der Waals surface area contributed by atoms with Crippen molar-refractivity contribution in [2.75, 3.05) is 18.5 Å². The van der Waals surface area contributed by atoms with Crippen LogP contribution in [0.15, 0.2) is 0 Å². The average molecular weight is 225 g/mol. The zero-order chi connectivity index (χ0) is 11.2. The minimum absolute atomic E-state index is 0.466. The van der Waals surface area contributed by atoms with Crippen molar-refractivity contribution in [3.63, 3.8) is 0 Å². The second kappa shape index (κ2) is 5.79. The molecule has 0 bridgehead atoms. The summed E-state index contributed by atoms with van der Waals surface area (Å²) in [7, 11) is 1.81. The third kappa shape index (κ3) is 3.16. The van der Waals surface area contributed by atoms with Gasteiger partial charge in [-0.25, -0.2) is 4.68 Å². The molecule has 0 aliphatic heterocycles. The Labute approximate surface area is 95.4 Å². The van der Waals surface area contributed by atoms with Crippen LogP contribution in [0, 0.1) is 0 Å². The number of ether oxygens (including phenoxy) is 1. The Morgan fingerprint density at radius 1 is 1.38 bits per heavy atom. The molecule has 0 aromatic carbocycles. The van der Waals surface area contributed by atoms with Gasteiger partial charge in [0.15, 0.2) is 0 Å². The van der Waals surface area contributed by atoms with E-state index in [9.17, 15) is 0 Å². The largest absolute Gasteiger partial charge is 0.376 e. The number of hydrogen-bond acceptors (Lipinski definition) is 5. The Kier molecular flexibility index (Phi) is 4.10. The minimum atomic E-state index is 0.466. The standard InChI is InChI=1S/C10H19N5O/c1-15-10(12-13-14-15)11-7-8-16-9-5-3-2-4-6-9/h9H,2-8H2,1H3,(H,11,12,14). The molecule has 1 N–H and O–H groups in total. The Morgan fingerprint density at radius 3 is 2.88 bits per heavy atom. The highest BCUT2D eigenvalue weighted by atomic mass is 16.5. The smallest absolute Gasteiger partial charge is 0.242 e. The summed E-state index contributed by atoms with van der Waals surface area (Å²) in [6.45, 7) is 1.47. The maximum atomic E-state index is 5.78. The number of nitrogens with one attached hydrogen (secondary N) is 1. The molecule has 0 saturated heterocycles. The summed E-state index contributed by atoms with van der Waals surface area (Å²) in [5.74, 6) is 0.687. The third-order valence-electron chi connectivity index (χ3n) is 2.91. The van der Waals surface area contributed by atoms with Gasteiger partial charge in [0.05, 0.1) is 12.7 Å². The van der Waals surface area contributed by atoms with Crippen molar-refractivity contribution in [2.45, 2.75) is 38.2 Å². The zero-order valence-electron chi connectivity index (χ0n) is 9.72. The SMILES string of the molecule is Cn1nnnc1NCCOC1CCCCC1. The molecule has 0 spiro atoms. The number of tetrazole rings is 1. The number of rotatable bonds is 5. The fourth-order valence-corrected chi connectivity index (χ4v) is 2.00. The maximum Gasteiger partial charge on any atom is 0.242 e. The predicted molar refractivity (Wildman–Crippen MR) is 60.1 cm³/mol. The molecule has 16 heavy (non-hydrogen) atoms. The summed E-state index contributed by atoms with van der Waals surface area (Å²) in [5, 5.41) is 14.3. The van der Waals surface area contributed by atoms with Crippen LogP contribution in [-0.2, 0) is 11.8 Å². The lowest BCUT2D eigenvalue weighted by Gasteiger charge is -2.21. The molecule has 2 rings (SSSR count). The number of nitrogens with zero attached hydrogens (tertiary/aromatic N) is 4. The van der Waals surface area contributed by atoms with Gasteiger partial charge < -0.3 is 10.1 Å². The van der Waals surface area contributed by atoms with Crippen molar-refractivity contribution in [1.82, 2.24) is 20.2 Å². The monoisotopic (exact) mass is 225 g/mol. The van der Waals surface area contributed by atoms with Gasteiger partial charge in [-0.05, 0) is 23.3 Å². The van der Waals surface area contributed by atoms with Crippen LogP contribution in [0.2, 0.25) is 0 Å². The first kappa shape index (κ1) is 11.3. The highest BCUT2D eigenvalue weighted by molar-refractivity contribution is 5.20. The maximum absolute atomic E-state index is 5.78. The molecule has 1 aromatic heterocycles. The second-order valence-electron chi connectivity index (χ2n) is 4.18. The summed E-state index contributed by atoms with van der Waals surface area (Å²) >= 11 is 0. The van der Waals surface area contributed by atoms with E-state index in [2.05, 4.69) is 20.8 Å². The van der Waals surface area contributed by atoms with E-state index in [-0.39, 0.29) is 0 Å². The molecule has 1 aliphatic rings. The Balaban J connectivity index is 1.59. The van der Waals surface area contributed by atoms with Crippen molar-refractivity contribution in [1.29, 1.82) is 0 Å². The molecule has 0 radical (unpaired) electrons. The first-order valence-corrected chi connectivity index (χ1v) is 5.94. The number of aryl methyl sites for hydroxylation is 1. The molecule has 0 unspecified atom stereocenters. The van der Waals surface area contributed by atoms with E-state index in [0.29, 0.717) is 12.1 Å². The summed E-state index contributed by atoms with van der Waals surface area (Å²) in [5.41, 5.74) is 0. The van der Waals surface area contributed by atoms with Gasteiger partial charge in [0, 0.05) is 13.6 Å². The highest BCUT2D eigenvalue weighted by Gasteiger charge is 2.13. The van der Waals surface area contributed by atoms with Crippen LogP contribution in [0.1, 0.15) is 32.1 Å². The lowest BCUT2D eigenvalue weighted by molar-refractivity contribution is 0.0347. The highest BCUT2D eigenvalue weighted by Crippen LogP contribution is 2.19. The van der Waals surface area contributed by atoms with Gasteiger partial charge in [-0.15, -0.1) is 0 Å². The lowest BCUT2D eigenvalue weighted by atomic mass is 9.98. The number of anilines is 1. The van der Waals surface area contributed by atoms with Crippen molar-refractivity contribution in [3.05, 3.63) is 0 Å². The Hall–Kier alpha value is -1.17. The van der Waals surface area contributed by atoms with E-state index in [1.54, 1.807) is 4.68 Å². The molecule has 90 valence electrons. The van der Waals surface area contributed by atoms with Gasteiger partial charge in [-0.3, -0.25) is 0 Å². The molecule has 1 aromatic rings. The molecule has 1 heterocycles. The van der Waals surface area contributed by atoms with Gasteiger partial charge in [0.2, 0.25) is 5.95 Å². The van der Waals surface area contributed by atoms with E-state index in [0.717, 1.165) is 13.2 Å². The Bertz CT molecular complexity index is 308. The van der Waals surface area contributed by atoms with Gasteiger partial charge in [-0.1, -0.05) is 24.4 Å². The van der Waals surface area contributed by atoms with Crippen molar-refractivity contribution >= 4 is 5.95 Å². The van der Waals surface area contributed by atoms with E-state index in [4.69, 9.17) is 4.74 Å². The van der Waals surface area contributed by atoms with E-state index < -0.39 is 0 Å². The zero-order valence-corrected chi connectivity index (χ0v) is 9.72. The average Bonchev–Trinajstić information content (AvgIpc) is 2.72. The summed E-state index contributed by atoms with van der Waals surface area (Å²) < 4.78 is 7.39. The molecular formula is C10H19N5O. The van der Waals surface area contributed by atoms with E-state index >= 15 is 0 Å². The summed E-state index contributed by atoms with van der Waals surface area (Å²) in [6, 6.07) is 0. The van der Waals surface area contributed by atoms with E-state index in [1.807, 2.05) is 7.05 Å². The Morgan fingerprint density at radius 2 is 2.19 bits per heavy atom. The van der Waals surface area contributed by atoms with E-state index in [1.165, 1.54) is 32.1 Å². The van der Waals surface area contributed by atoms with Crippen LogP contribution in [0.5, 0.6) is 0 Å². The van der Waals surface area contributed by atoms with Gasteiger partial charge in [-0.2, -0.15) is 0 Å². The van der Waals surface area contributed by atoms with Crippen molar-refractivity contribution < 1.29 is 4.74 Å². The lowest BCUT2D eigenvalue weighted by Crippen LogP contribution is -2.21. The predicted octanol–water partition coefficient (Wildman–Crippen LogP) is 0.971. The first-order chi connectivity index (χ1) is 7.86. The van der Waals surface area contributed by atoms with Crippen LogP contribution in [0.4, 0.5) is 5.95 Å². The van der Waals surface area contributed by atoms with Crippen LogP contribution in [0.25, 0.3) is 0 Å². The summed E-state index contributed by atoms with van der Waals surface area (Å²) in [6.07, 6.45) is 6.88. The molecule has 6 nitrogen and oxygen atoms in total. The molecule has 0 amide bonds. The number of hydrogen-bond donors (Lipinski definition) is 1. The fraction of sp³-hybridized carbons (Fsp3) is 0.900. The van der Waals surface area contributed by atoms with Crippen LogP contribution >= 0.6 is 0 Å². The number of aromatic nitrogens is 4.